The molecule has 0 bridgehead atoms. The predicted molar refractivity (Wildman–Crippen MR) is 85.6 cm³/mol. The summed E-state index contributed by atoms with van der Waals surface area (Å²) in [5, 5.41) is 0.607. The lowest BCUT2D eigenvalue weighted by Crippen LogP contribution is -2.33. The van der Waals surface area contributed by atoms with E-state index in [1.165, 1.54) is 0 Å². The number of amides is 1. The highest BCUT2D eigenvalue weighted by Gasteiger charge is 2.33. The molecule has 0 atom stereocenters. The topological polar surface area (TPSA) is 23.6 Å². The molecule has 0 spiro atoms. The molecule has 0 aromatic heterocycles. The van der Waals surface area contributed by atoms with Crippen LogP contribution in [0, 0.1) is 0 Å². The van der Waals surface area contributed by atoms with Crippen LogP contribution in [0.1, 0.15) is 0 Å². The van der Waals surface area contributed by atoms with E-state index in [9.17, 15) is 4.79 Å². The number of thiocarbonyl (C=S) groups is 1. The highest BCUT2D eigenvalue weighted by Crippen LogP contribution is 2.21. The lowest BCUT2D eigenvalue weighted by atomic mass is 10.3. The van der Waals surface area contributed by atoms with Gasteiger partial charge in [0, 0.05) is 18.1 Å². The van der Waals surface area contributed by atoms with E-state index in [1.54, 1.807) is 16.7 Å². The number of hydrogen-bond donors (Lipinski definition) is 0. The molecule has 1 amide bonds. The quantitative estimate of drug-likeness (QED) is 0.457. The lowest BCUT2D eigenvalue weighted by Gasteiger charge is -2.20. The maximum absolute atomic E-state index is 12.1. The van der Waals surface area contributed by atoms with Gasteiger partial charge >= 0.3 is 0 Å². The Hall–Kier alpha value is -1.33. The van der Waals surface area contributed by atoms with E-state index in [1.807, 2.05) is 41.3 Å². The normalized spacial score (nSPS) is 15.2. The van der Waals surface area contributed by atoms with Crippen LogP contribution in [0.2, 0.25) is 0 Å². The van der Waals surface area contributed by atoms with Crippen LogP contribution in [0.3, 0.4) is 0 Å². The molecule has 1 fully saturated rings. The van der Waals surface area contributed by atoms with Gasteiger partial charge in [-0.3, -0.25) is 9.69 Å². The van der Waals surface area contributed by atoms with E-state index in [2.05, 4.69) is 6.58 Å². The monoisotopic (exact) mass is 292 g/mol. The Morgan fingerprint density at radius 2 is 2.11 bits per heavy atom. The first-order valence-corrected chi connectivity index (χ1v) is 7.66. The molecule has 1 aliphatic rings. The summed E-state index contributed by atoms with van der Waals surface area (Å²) in [6.45, 7) is 4.86. The first-order chi connectivity index (χ1) is 9.24. The SMILES string of the molecule is C=CCSCCN1CC(=O)N(c2ccccc2)C1=S. The molecule has 1 aromatic carbocycles. The van der Waals surface area contributed by atoms with Gasteiger partial charge in [-0.1, -0.05) is 24.3 Å². The van der Waals surface area contributed by atoms with Crippen LogP contribution in [0.15, 0.2) is 43.0 Å². The van der Waals surface area contributed by atoms with Crippen LogP contribution < -0.4 is 4.90 Å². The fourth-order valence-electron chi connectivity index (χ4n) is 1.90. The number of rotatable bonds is 6. The Labute approximate surface area is 123 Å². The number of carbonyl (C=O) groups is 1. The zero-order valence-corrected chi connectivity index (χ0v) is 12.3. The van der Waals surface area contributed by atoms with Crippen LogP contribution in [-0.4, -0.2) is 40.5 Å². The van der Waals surface area contributed by atoms with E-state index in [-0.39, 0.29) is 5.91 Å². The Kier molecular flexibility index (Phi) is 4.99. The van der Waals surface area contributed by atoms with Gasteiger partial charge in [-0.25, -0.2) is 0 Å². The average Bonchev–Trinajstić information content (AvgIpc) is 2.71. The Bertz CT molecular complexity index is 476. The standard InChI is InChI=1S/C14H16N2OS2/c1-2-9-19-10-8-15-11-13(17)16(14(15)18)12-6-4-3-5-7-12/h2-7H,1,8-11H2. The van der Waals surface area contributed by atoms with E-state index in [4.69, 9.17) is 12.2 Å². The molecule has 5 heteroatoms. The molecule has 0 N–H and O–H groups in total. The Morgan fingerprint density at radius 1 is 1.37 bits per heavy atom. The minimum Gasteiger partial charge on any atom is -0.338 e. The van der Waals surface area contributed by atoms with Crippen molar-refractivity contribution in [1.82, 2.24) is 4.90 Å². The third kappa shape index (κ3) is 3.36. The molecule has 1 heterocycles. The zero-order chi connectivity index (χ0) is 13.7. The molecule has 2 rings (SSSR count). The lowest BCUT2D eigenvalue weighted by molar-refractivity contribution is -0.116. The fraction of sp³-hybridized carbons (Fsp3) is 0.286. The molecular weight excluding hydrogens is 276 g/mol. The highest BCUT2D eigenvalue weighted by atomic mass is 32.2. The van der Waals surface area contributed by atoms with E-state index < -0.39 is 0 Å². The molecule has 1 aliphatic heterocycles. The number of thioether (sulfide) groups is 1. The third-order valence-electron chi connectivity index (χ3n) is 2.79. The number of anilines is 1. The summed E-state index contributed by atoms with van der Waals surface area (Å²) in [4.78, 5) is 15.6. The summed E-state index contributed by atoms with van der Waals surface area (Å²) >= 11 is 7.19. The maximum Gasteiger partial charge on any atom is 0.252 e. The number of carbonyl (C=O) groups excluding carboxylic acids is 1. The van der Waals surface area contributed by atoms with Crippen LogP contribution in [0.25, 0.3) is 0 Å². The van der Waals surface area contributed by atoms with Gasteiger partial charge in [0.25, 0.3) is 5.91 Å². The van der Waals surface area contributed by atoms with Crippen molar-refractivity contribution in [3.63, 3.8) is 0 Å². The number of nitrogens with zero attached hydrogens (tertiary/aromatic N) is 2. The smallest absolute Gasteiger partial charge is 0.252 e. The minimum atomic E-state index is 0.0462. The minimum absolute atomic E-state index is 0.0462. The second-order valence-electron chi connectivity index (χ2n) is 4.13. The molecule has 0 radical (unpaired) electrons. The maximum atomic E-state index is 12.1. The van der Waals surface area contributed by atoms with Crippen molar-refractivity contribution in [2.24, 2.45) is 0 Å². The Balaban J connectivity index is 1.99. The Morgan fingerprint density at radius 3 is 2.79 bits per heavy atom. The van der Waals surface area contributed by atoms with Crippen molar-refractivity contribution < 1.29 is 4.79 Å². The summed E-state index contributed by atoms with van der Waals surface area (Å²) in [7, 11) is 0. The van der Waals surface area contributed by atoms with Crippen molar-refractivity contribution in [1.29, 1.82) is 0 Å². The molecule has 3 nitrogen and oxygen atoms in total. The average molecular weight is 292 g/mol. The summed E-state index contributed by atoms with van der Waals surface area (Å²) in [6, 6.07) is 9.55. The van der Waals surface area contributed by atoms with Crippen LogP contribution in [0.4, 0.5) is 5.69 Å². The molecule has 0 saturated carbocycles. The van der Waals surface area contributed by atoms with Crippen LogP contribution in [-0.2, 0) is 4.79 Å². The van der Waals surface area contributed by atoms with Crippen molar-refractivity contribution in [2.75, 3.05) is 29.5 Å². The van der Waals surface area contributed by atoms with Gasteiger partial charge in [0.1, 0.15) is 6.54 Å². The van der Waals surface area contributed by atoms with Crippen LogP contribution in [0.5, 0.6) is 0 Å². The predicted octanol–water partition coefficient (Wildman–Crippen LogP) is 2.54. The molecule has 0 aliphatic carbocycles. The van der Waals surface area contributed by atoms with Gasteiger partial charge in [-0.05, 0) is 24.4 Å². The van der Waals surface area contributed by atoms with Gasteiger partial charge in [0.05, 0.1) is 5.69 Å². The van der Waals surface area contributed by atoms with Gasteiger partial charge in [0.15, 0.2) is 5.11 Å². The number of benzene rings is 1. The first-order valence-electron chi connectivity index (χ1n) is 6.09. The summed E-state index contributed by atoms with van der Waals surface area (Å²) in [6.07, 6.45) is 1.88. The number of hydrogen-bond acceptors (Lipinski definition) is 3. The molecule has 100 valence electrons. The molecule has 1 aromatic rings. The molecule has 1 saturated heterocycles. The number of para-hydroxylation sites is 1. The fourth-order valence-corrected chi connectivity index (χ4v) is 2.94. The van der Waals surface area contributed by atoms with E-state index >= 15 is 0 Å². The largest absolute Gasteiger partial charge is 0.338 e. The molecule has 0 unspecified atom stereocenters. The van der Waals surface area contributed by atoms with Crippen molar-refractivity contribution in [3.8, 4) is 0 Å². The molecule has 19 heavy (non-hydrogen) atoms. The zero-order valence-electron chi connectivity index (χ0n) is 10.6. The van der Waals surface area contributed by atoms with Gasteiger partial charge in [-0.15, -0.1) is 6.58 Å². The summed E-state index contributed by atoms with van der Waals surface area (Å²) in [5.41, 5.74) is 0.846. The second kappa shape index (κ2) is 6.73. The van der Waals surface area contributed by atoms with Crippen molar-refractivity contribution >= 4 is 40.7 Å². The van der Waals surface area contributed by atoms with Crippen LogP contribution >= 0.6 is 24.0 Å². The van der Waals surface area contributed by atoms with Crippen molar-refractivity contribution in [3.05, 3.63) is 43.0 Å². The second-order valence-corrected chi connectivity index (χ2v) is 5.65. The van der Waals surface area contributed by atoms with Gasteiger partial charge in [0.2, 0.25) is 0 Å². The highest BCUT2D eigenvalue weighted by molar-refractivity contribution is 7.99. The van der Waals surface area contributed by atoms with Gasteiger partial charge < -0.3 is 4.90 Å². The first kappa shape index (κ1) is 14.1. The molecular formula is C14H16N2OS2. The summed E-state index contributed by atoms with van der Waals surface area (Å²) < 4.78 is 0. The third-order valence-corrected chi connectivity index (χ3v) is 4.18. The van der Waals surface area contributed by atoms with E-state index in [0.717, 1.165) is 23.7 Å². The van der Waals surface area contributed by atoms with Crippen molar-refractivity contribution in [2.45, 2.75) is 0 Å². The summed E-state index contributed by atoms with van der Waals surface area (Å²) in [5.74, 6) is 1.92. The van der Waals surface area contributed by atoms with Gasteiger partial charge in [-0.2, -0.15) is 11.8 Å². The van der Waals surface area contributed by atoms with E-state index in [0.29, 0.717) is 11.7 Å².